The first-order valence-corrected chi connectivity index (χ1v) is 4.96. The molecule has 0 radical (unpaired) electrons. The molecular formula is C11H12N4O. The second kappa shape index (κ2) is 3.84. The smallest absolute Gasteiger partial charge is 0.178 e. The van der Waals surface area contributed by atoms with Crippen LogP contribution in [-0.2, 0) is 0 Å². The van der Waals surface area contributed by atoms with Crippen molar-refractivity contribution in [2.24, 2.45) is 0 Å². The minimum Gasteiger partial charge on any atom is -0.293 e. The lowest BCUT2D eigenvalue weighted by atomic mass is 10.3. The molecule has 2 rings (SSSR count). The highest BCUT2D eigenvalue weighted by molar-refractivity contribution is 5.92. The molecule has 16 heavy (non-hydrogen) atoms. The van der Waals surface area contributed by atoms with E-state index in [1.54, 1.807) is 22.9 Å². The van der Waals surface area contributed by atoms with Gasteiger partial charge in [-0.3, -0.25) is 4.79 Å². The Balaban J connectivity index is 2.52. The Morgan fingerprint density at radius 2 is 2.00 bits per heavy atom. The van der Waals surface area contributed by atoms with Gasteiger partial charge in [-0.05, 0) is 26.0 Å². The van der Waals surface area contributed by atoms with Gasteiger partial charge in [-0.15, -0.1) is 5.10 Å². The van der Waals surface area contributed by atoms with Crippen molar-refractivity contribution in [3.8, 4) is 5.82 Å². The first-order chi connectivity index (χ1) is 7.58. The third-order valence-corrected chi connectivity index (χ3v) is 2.19. The van der Waals surface area contributed by atoms with Gasteiger partial charge in [0.15, 0.2) is 11.6 Å². The average molecular weight is 216 g/mol. The average Bonchev–Trinajstić information content (AvgIpc) is 2.58. The standard InChI is InChI=1S/C11H12N4O/c1-7(16)10-5-4-6-11(13-10)15-9(3)12-8(2)14-15/h4-6H,1-3H3. The maximum Gasteiger partial charge on any atom is 0.178 e. The second-order valence-corrected chi connectivity index (χ2v) is 3.56. The van der Waals surface area contributed by atoms with Crippen molar-refractivity contribution >= 4 is 5.78 Å². The summed E-state index contributed by atoms with van der Waals surface area (Å²) in [5.74, 6) is 2.00. The molecule has 0 atom stereocenters. The first kappa shape index (κ1) is 10.5. The Hall–Kier alpha value is -2.04. The Bertz CT molecular complexity index is 545. The number of rotatable bonds is 2. The summed E-state index contributed by atoms with van der Waals surface area (Å²) >= 11 is 0. The van der Waals surface area contributed by atoms with E-state index in [0.717, 1.165) is 5.82 Å². The molecule has 2 aromatic rings. The molecular weight excluding hydrogens is 204 g/mol. The van der Waals surface area contributed by atoms with Crippen molar-refractivity contribution in [3.63, 3.8) is 0 Å². The highest BCUT2D eigenvalue weighted by atomic mass is 16.1. The SMILES string of the molecule is CC(=O)c1cccc(-n2nc(C)nc2C)n1. The summed E-state index contributed by atoms with van der Waals surface area (Å²) in [6, 6.07) is 5.27. The van der Waals surface area contributed by atoms with E-state index >= 15 is 0 Å². The highest BCUT2D eigenvalue weighted by Gasteiger charge is 2.08. The van der Waals surface area contributed by atoms with Crippen molar-refractivity contribution in [1.82, 2.24) is 19.7 Å². The van der Waals surface area contributed by atoms with Gasteiger partial charge in [0.05, 0.1) is 0 Å². The molecule has 0 aliphatic rings. The van der Waals surface area contributed by atoms with Gasteiger partial charge in [0, 0.05) is 6.92 Å². The van der Waals surface area contributed by atoms with Gasteiger partial charge >= 0.3 is 0 Å². The molecule has 2 heterocycles. The van der Waals surface area contributed by atoms with E-state index in [1.807, 2.05) is 13.8 Å². The van der Waals surface area contributed by atoms with Gasteiger partial charge in [-0.1, -0.05) is 6.07 Å². The van der Waals surface area contributed by atoms with Crippen molar-refractivity contribution in [2.75, 3.05) is 0 Å². The fraction of sp³-hybridized carbons (Fsp3) is 0.273. The molecule has 0 amide bonds. The normalized spacial score (nSPS) is 10.4. The van der Waals surface area contributed by atoms with Gasteiger partial charge in [0.25, 0.3) is 0 Å². The first-order valence-electron chi connectivity index (χ1n) is 4.96. The number of pyridine rings is 1. The topological polar surface area (TPSA) is 60.7 Å². The Kier molecular flexibility index (Phi) is 2.52. The van der Waals surface area contributed by atoms with E-state index in [1.165, 1.54) is 6.92 Å². The molecule has 0 unspecified atom stereocenters. The summed E-state index contributed by atoms with van der Waals surface area (Å²) < 4.78 is 1.63. The Labute approximate surface area is 93.2 Å². The molecule has 0 aliphatic carbocycles. The molecule has 0 aromatic carbocycles. The molecule has 0 aliphatic heterocycles. The zero-order valence-corrected chi connectivity index (χ0v) is 9.43. The third kappa shape index (κ3) is 1.84. The number of hydrogen-bond donors (Lipinski definition) is 0. The summed E-state index contributed by atoms with van der Waals surface area (Å²) in [5, 5.41) is 4.21. The predicted octanol–water partition coefficient (Wildman–Crippen LogP) is 1.48. The van der Waals surface area contributed by atoms with Gasteiger partial charge in [0.1, 0.15) is 17.3 Å². The van der Waals surface area contributed by atoms with Crippen LogP contribution in [0.5, 0.6) is 0 Å². The van der Waals surface area contributed by atoms with Crippen molar-refractivity contribution < 1.29 is 4.79 Å². The summed E-state index contributed by atoms with van der Waals surface area (Å²) in [6.07, 6.45) is 0. The predicted molar refractivity (Wildman–Crippen MR) is 58.6 cm³/mol. The summed E-state index contributed by atoms with van der Waals surface area (Å²) in [5.41, 5.74) is 0.435. The van der Waals surface area contributed by atoms with Crippen LogP contribution in [0.15, 0.2) is 18.2 Å². The minimum absolute atomic E-state index is 0.0589. The maximum atomic E-state index is 11.2. The molecule has 0 spiro atoms. The van der Waals surface area contributed by atoms with Crippen molar-refractivity contribution in [1.29, 1.82) is 0 Å². The van der Waals surface area contributed by atoms with E-state index in [9.17, 15) is 4.79 Å². The number of Topliss-reactive ketones (excluding diaryl/α,β-unsaturated/α-hetero) is 1. The number of aromatic nitrogens is 4. The lowest BCUT2D eigenvalue weighted by molar-refractivity contribution is 0.101. The monoisotopic (exact) mass is 216 g/mol. The molecule has 0 N–H and O–H groups in total. The van der Waals surface area contributed by atoms with Crippen LogP contribution in [0.1, 0.15) is 29.1 Å². The van der Waals surface area contributed by atoms with Crippen LogP contribution in [-0.4, -0.2) is 25.5 Å². The molecule has 0 saturated carbocycles. The van der Waals surface area contributed by atoms with E-state index in [-0.39, 0.29) is 5.78 Å². The molecule has 82 valence electrons. The van der Waals surface area contributed by atoms with E-state index in [4.69, 9.17) is 0 Å². The van der Waals surface area contributed by atoms with Crippen LogP contribution < -0.4 is 0 Å². The number of hydrogen-bond acceptors (Lipinski definition) is 4. The zero-order chi connectivity index (χ0) is 11.7. The van der Waals surface area contributed by atoms with Gasteiger partial charge < -0.3 is 0 Å². The highest BCUT2D eigenvalue weighted by Crippen LogP contribution is 2.08. The van der Waals surface area contributed by atoms with Crippen LogP contribution >= 0.6 is 0 Å². The van der Waals surface area contributed by atoms with Gasteiger partial charge in [0.2, 0.25) is 0 Å². The minimum atomic E-state index is -0.0589. The number of carbonyl (C=O) groups is 1. The molecule has 2 aromatic heterocycles. The fourth-order valence-corrected chi connectivity index (χ4v) is 1.48. The van der Waals surface area contributed by atoms with Gasteiger partial charge in [-0.2, -0.15) is 4.68 Å². The molecule has 0 bridgehead atoms. The largest absolute Gasteiger partial charge is 0.293 e. The second-order valence-electron chi connectivity index (χ2n) is 3.56. The zero-order valence-electron chi connectivity index (χ0n) is 9.43. The van der Waals surface area contributed by atoms with Gasteiger partial charge in [-0.25, -0.2) is 9.97 Å². The van der Waals surface area contributed by atoms with E-state index in [2.05, 4.69) is 15.1 Å². The number of aryl methyl sites for hydroxylation is 2. The number of carbonyl (C=O) groups excluding carboxylic acids is 1. The Morgan fingerprint density at radius 1 is 1.25 bits per heavy atom. The van der Waals surface area contributed by atoms with Crippen molar-refractivity contribution in [3.05, 3.63) is 35.5 Å². The van der Waals surface area contributed by atoms with Crippen LogP contribution in [0, 0.1) is 13.8 Å². The van der Waals surface area contributed by atoms with Crippen LogP contribution in [0.2, 0.25) is 0 Å². The van der Waals surface area contributed by atoms with Crippen molar-refractivity contribution in [2.45, 2.75) is 20.8 Å². The third-order valence-electron chi connectivity index (χ3n) is 2.19. The van der Waals surface area contributed by atoms with E-state index in [0.29, 0.717) is 17.3 Å². The molecule has 0 saturated heterocycles. The summed E-state index contributed by atoms with van der Waals surface area (Å²) in [4.78, 5) is 19.6. The van der Waals surface area contributed by atoms with Crippen LogP contribution in [0.3, 0.4) is 0 Å². The number of nitrogens with zero attached hydrogens (tertiary/aromatic N) is 4. The number of ketones is 1. The van der Waals surface area contributed by atoms with E-state index < -0.39 is 0 Å². The summed E-state index contributed by atoms with van der Waals surface area (Å²) in [6.45, 7) is 5.16. The molecule has 5 nitrogen and oxygen atoms in total. The maximum absolute atomic E-state index is 11.2. The molecule has 5 heteroatoms. The Morgan fingerprint density at radius 3 is 2.56 bits per heavy atom. The summed E-state index contributed by atoms with van der Waals surface area (Å²) in [7, 11) is 0. The quantitative estimate of drug-likeness (QED) is 0.713. The van der Waals surface area contributed by atoms with Crippen LogP contribution in [0.4, 0.5) is 0 Å². The molecule has 0 fully saturated rings. The van der Waals surface area contributed by atoms with Crippen LogP contribution in [0.25, 0.3) is 5.82 Å². The lowest BCUT2D eigenvalue weighted by Gasteiger charge is -2.02. The fourth-order valence-electron chi connectivity index (χ4n) is 1.48. The lowest BCUT2D eigenvalue weighted by Crippen LogP contribution is -2.05.